The van der Waals surface area contributed by atoms with Gasteiger partial charge in [-0.3, -0.25) is 0 Å². The molecule has 0 aromatic carbocycles. The molecule has 0 amide bonds. The van der Waals surface area contributed by atoms with Crippen LogP contribution in [-0.4, -0.2) is 20.2 Å². The van der Waals surface area contributed by atoms with Crippen LogP contribution < -0.4 is 11.5 Å². The maximum Gasteiger partial charge on any atom is 0.353 e. The lowest BCUT2D eigenvalue weighted by Gasteiger charge is -2.01. The average Bonchev–Trinajstić information content (AvgIpc) is 2.14. The lowest BCUT2D eigenvalue weighted by Crippen LogP contribution is -2.13. The summed E-state index contributed by atoms with van der Waals surface area (Å²) in [7, 11) is 2.56. The number of carbonyl (C=O) groups is 1. The first-order chi connectivity index (χ1) is 6.02. The minimum atomic E-state index is -0.679. The molecule has 6 heteroatoms. The van der Waals surface area contributed by atoms with E-state index in [2.05, 4.69) is 9.47 Å². The summed E-state index contributed by atoms with van der Waals surface area (Å²) in [5.41, 5.74) is 10.4. The van der Waals surface area contributed by atoms with Crippen LogP contribution in [0.1, 0.15) is 0 Å². The van der Waals surface area contributed by atoms with Crippen molar-refractivity contribution in [3.8, 4) is 0 Å². The molecule has 0 fully saturated rings. The van der Waals surface area contributed by atoms with Crippen LogP contribution in [0.2, 0.25) is 0 Å². The second kappa shape index (κ2) is 5.31. The number of methoxy groups -OCH3 is 2. The van der Waals surface area contributed by atoms with Gasteiger partial charge in [0.05, 0.1) is 14.2 Å². The lowest BCUT2D eigenvalue weighted by molar-refractivity contribution is -0.136. The number of hydrogen-bond donors (Lipinski definition) is 2. The van der Waals surface area contributed by atoms with Gasteiger partial charge in [-0.1, -0.05) is 11.6 Å². The molecule has 0 bridgehead atoms. The Bertz CT molecular complexity index is 260. The highest BCUT2D eigenvalue weighted by Gasteiger charge is 2.06. The number of allylic oxidation sites excluding steroid dienone is 2. The van der Waals surface area contributed by atoms with E-state index in [1.807, 2.05) is 0 Å². The molecule has 74 valence electrons. The lowest BCUT2D eigenvalue weighted by atomic mass is 10.4. The molecule has 0 aromatic heterocycles. The zero-order valence-corrected chi connectivity index (χ0v) is 8.09. The Labute approximate surface area is 80.9 Å². The highest BCUT2D eigenvalue weighted by atomic mass is 35.5. The zero-order valence-electron chi connectivity index (χ0n) is 7.33. The summed E-state index contributed by atoms with van der Waals surface area (Å²) in [6.07, 6.45) is 1.16. The minimum absolute atomic E-state index is 0.0199. The zero-order chi connectivity index (χ0) is 10.4. The second-order valence-corrected chi connectivity index (χ2v) is 2.41. The molecule has 0 unspecified atom stereocenters. The molecular formula is C7H11ClN2O3. The Morgan fingerprint density at radius 2 is 1.85 bits per heavy atom. The van der Waals surface area contributed by atoms with E-state index in [4.69, 9.17) is 23.1 Å². The van der Waals surface area contributed by atoms with Gasteiger partial charge < -0.3 is 20.9 Å². The van der Waals surface area contributed by atoms with Gasteiger partial charge in [-0.25, -0.2) is 4.79 Å². The van der Waals surface area contributed by atoms with Crippen molar-refractivity contribution in [3.63, 3.8) is 0 Å². The Morgan fingerprint density at radius 3 is 2.23 bits per heavy atom. The topological polar surface area (TPSA) is 87.6 Å². The van der Waals surface area contributed by atoms with E-state index in [0.29, 0.717) is 0 Å². The summed E-state index contributed by atoms with van der Waals surface area (Å²) < 4.78 is 8.93. The van der Waals surface area contributed by atoms with E-state index in [9.17, 15) is 4.79 Å². The molecule has 0 rings (SSSR count). The van der Waals surface area contributed by atoms with Crippen molar-refractivity contribution in [2.24, 2.45) is 11.5 Å². The fourth-order valence-corrected chi connectivity index (χ4v) is 0.677. The van der Waals surface area contributed by atoms with Gasteiger partial charge in [-0.15, -0.1) is 0 Å². The number of ether oxygens (including phenoxy) is 2. The van der Waals surface area contributed by atoms with Crippen molar-refractivity contribution in [2.75, 3.05) is 14.2 Å². The molecule has 0 aliphatic heterocycles. The molecule has 0 atom stereocenters. The summed E-state index contributed by atoms with van der Waals surface area (Å²) in [5.74, 6) is -0.699. The molecule has 0 saturated heterocycles. The van der Waals surface area contributed by atoms with Crippen LogP contribution in [0.4, 0.5) is 0 Å². The van der Waals surface area contributed by atoms with Crippen LogP contribution in [0.3, 0.4) is 0 Å². The Morgan fingerprint density at radius 1 is 1.31 bits per heavy atom. The van der Waals surface area contributed by atoms with Crippen LogP contribution in [0.15, 0.2) is 22.7 Å². The van der Waals surface area contributed by atoms with Gasteiger partial charge in [-0.2, -0.15) is 0 Å². The molecule has 4 N–H and O–H groups in total. The van der Waals surface area contributed by atoms with E-state index < -0.39 is 5.97 Å². The molecule has 0 heterocycles. The minimum Gasteiger partial charge on any atom is -0.482 e. The Hall–Kier alpha value is -1.36. The van der Waals surface area contributed by atoms with Crippen LogP contribution in [0.25, 0.3) is 0 Å². The fraction of sp³-hybridized carbons (Fsp3) is 0.286. The van der Waals surface area contributed by atoms with Crippen molar-refractivity contribution in [1.29, 1.82) is 0 Å². The number of rotatable bonds is 3. The number of hydrogen-bond acceptors (Lipinski definition) is 5. The first-order valence-electron chi connectivity index (χ1n) is 3.27. The van der Waals surface area contributed by atoms with E-state index in [1.165, 1.54) is 14.2 Å². The summed E-state index contributed by atoms with van der Waals surface area (Å²) >= 11 is 5.59. The second-order valence-electron chi connectivity index (χ2n) is 2.01. The molecule has 0 aromatic rings. The molecule has 0 aliphatic rings. The van der Waals surface area contributed by atoms with Crippen molar-refractivity contribution >= 4 is 17.6 Å². The summed E-state index contributed by atoms with van der Waals surface area (Å²) in [6, 6.07) is 0. The van der Waals surface area contributed by atoms with Gasteiger partial charge in [0, 0.05) is 0 Å². The predicted molar refractivity (Wildman–Crippen MR) is 48.4 cm³/mol. The van der Waals surface area contributed by atoms with Crippen molar-refractivity contribution < 1.29 is 14.3 Å². The molecule has 0 radical (unpaired) electrons. The van der Waals surface area contributed by atoms with Crippen molar-refractivity contribution in [2.45, 2.75) is 0 Å². The van der Waals surface area contributed by atoms with Crippen molar-refractivity contribution in [3.05, 3.63) is 22.7 Å². The van der Waals surface area contributed by atoms with Gasteiger partial charge >= 0.3 is 5.97 Å². The maximum absolute atomic E-state index is 10.8. The SMILES string of the molecule is COC(=O)/C(N)=C/C(Cl)=C(\N)OC. The molecule has 13 heavy (non-hydrogen) atoms. The third kappa shape index (κ3) is 3.71. The van der Waals surface area contributed by atoms with E-state index in [1.54, 1.807) is 0 Å². The monoisotopic (exact) mass is 206 g/mol. The molecular weight excluding hydrogens is 196 g/mol. The van der Waals surface area contributed by atoms with E-state index in [0.717, 1.165) is 6.08 Å². The largest absolute Gasteiger partial charge is 0.482 e. The fourth-order valence-electron chi connectivity index (χ4n) is 0.482. The van der Waals surface area contributed by atoms with Gasteiger partial charge in [-0.05, 0) is 6.08 Å². The van der Waals surface area contributed by atoms with E-state index >= 15 is 0 Å². The summed E-state index contributed by atoms with van der Waals surface area (Å²) in [5, 5.41) is 0.0467. The Kier molecular flexibility index (Phi) is 4.76. The van der Waals surface area contributed by atoms with Crippen LogP contribution in [0, 0.1) is 0 Å². The highest BCUT2D eigenvalue weighted by molar-refractivity contribution is 6.31. The van der Waals surface area contributed by atoms with Gasteiger partial charge in [0.15, 0.2) is 0 Å². The van der Waals surface area contributed by atoms with E-state index in [-0.39, 0.29) is 16.6 Å². The molecule has 0 saturated carbocycles. The standard InChI is InChI=1S/C7H11ClN2O3/c1-12-6(10)4(8)3-5(9)7(11)13-2/h3H,9-10H2,1-2H3/b5-3-,6-4-. The number of nitrogens with two attached hydrogens (primary N) is 2. The third-order valence-corrected chi connectivity index (χ3v) is 1.45. The third-order valence-electron chi connectivity index (χ3n) is 1.16. The highest BCUT2D eigenvalue weighted by Crippen LogP contribution is 2.09. The first kappa shape index (κ1) is 11.6. The summed E-state index contributed by atoms with van der Waals surface area (Å²) in [6.45, 7) is 0. The molecule has 0 aliphatic carbocycles. The quantitative estimate of drug-likeness (QED) is 0.294. The normalized spacial score (nSPS) is 13.3. The maximum atomic E-state index is 10.8. The van der Waals surface area contributed by atoms with Crippen molar-refractivity contribution in [1.82, 2.24) is 0 Å². The summed E-state index contributed by atoms with van der Waals surface area (Å²) in [4.78, 5) is 10.8. The van der Waals surface area contributed by atoms with Crippen LogP contribution in [-0.2, 0) is 14.3 Å². The number of esters is 1. The first-order valence-corrected chi connectivity index (χ1v) is 3.65. The van der Waals surface area contributed by atoms with Crippen LogP contribution >= 0.6 is 11.6 Å². The number of carbonyl (C=O) groups excluding carboxylic acids is 1. The van der Waals surface area contributed by atoms with Gasteiger partial charge in [0.25, 0.3) is 0 Å². The van der Waals surface area contributed by atoms with Crippen LogP contribution in [0.5, 0.6) is 0 Å². The van der Waals surface area contributed by atoms with Gasteiger partial charge in [0.1, 0.15) is 10.7 Å². The smallest absolute Gasteiger partial charge is 0.353 e. The molecule has 5 nitrogen and oxygen atoms in total. The number of halogens is 1. The average molecular weight is 207 g/mol. The van der Waals surface area contributed by atoms with Gasteiger partial charge in [0.2, 0.25) is 5.88 Å². The Balaban J connectivity index is 4.66. The molecule has 0 spiro atoms. The predicted octanol–water partition coefficient (Wildman–Crippen LogP) is 0.0150.